The fourth-order valence-corrected chi connectivity index (χ4v) is 4.82. The molecule has 2 saturated heterocycles. The first kappa shape index (κ1) is 19.8. The van der Waals surface area contributed by atoms with Crippen LogP contribution < -0.4 is 15.8 Å². The minimum atomic E-state index is -1.03. The number of phenolic OH excluding ortho intramolecular Hbond substituents is 1. The number of piperidine rings is 1. The molecule has 4 atom stereocenters. The van der Waals surface area contributed by atoms with Crippen LogP contribution in [0.4, 0.5) is 10.2 Å². The van der Waals surface area contributed by atoms with E-state index in [0.29, 0.717) is 34.7 Å². The van der Waals surface area contributed by atoms with Crippen molar-refractivity contribution in [3.8, 4) is 17.1 Å². The Morgan fingerprint density at radius 3 is 2.87 bits per heavy atom. The molecular weight excluding hydrogens is 401 g/mol. The minimum absolute atomic E-state index is 0.132. The van der Waals surface area contributed by atoms with E-state index in [1.807, 2.05) is 14.0 Å². The molecule has 31 heavy (non-hydrogen) atoms. The molecule has 0 aliphatic carbocycles. The molecule has 1 aromatic carbocycles. The lowest BCUT2D eigenvalue weighted by Crippen LogP contribution is -2.62. The van der Waals surface area contributed by atoms with Crippen LogP contribution in [0, 0.1) is 0 Å². The predicted molar refractivity (Wildman–Crippen MR) is 114 cm³/mol. The van der Waals surface area contributed by atoms with Crippen LogP contribution in [-0.4, -0.2) is 60.7 Å². The van der Waals surface area contributed by atoms with E-state index in [0.717, 1.165) is 12.8 Å². The van der Waals surface area contributed by atoms with Gasteiger partial charge in [0.25, 0.3) is 5.56 Å². The summed E-state index contributed by atoms with van der Waals surface area (Å²) in [4.78, 5) is 22.6. The van der Waals surface area contributed by atoms with Gasteiger partial charge >= 0.3 is 0 Å². The molecule has 2 aliphatic rings. The molecule has 4 heterocycles. The normalized spacial score (nSPS) is 27.5. The third-order valence-corrected chi connectivity index (χ3v) is 6.70. The highest BCUT2D eigenvalue weighted by Gasteiger charge is 2.51. The largest absolute Gasteiger partial charge is 0.507 e. The Morgan fingerprint density at radius 1 is 1.32 bits per heavy atom. The fourth-order valence-electron chi connectivity index (χ4n) is 4.82. The summed E-state index contributed by atoms with van der Waals surface area (Å²) in [6.07, 6.45) is 4.41. The summed E-state index contributed by atoms with van der Waals surface area (Å²) in [5, 5.41) is 22.5. The molecule has 0 amide bonds. The summed E-state index contributed by atoms with van der Waals surface area (Å²) < 4.78 is 16.6. The summed E-state index contributed by atoms with van der Waals surface area (Å²) in [6, 6.07) is 2.92. The number of nitrogens with zero attached hydrogens (tertiary/aromatic N) is 6. The van der Waals surface area contributed by atoms with Gasteiger partial charge in [0.05, 0.1) is 35.0 Å². The van der Waals surface area contributed by atoms with Crippen molar-refractivity contribution in [2.75, 3.05) is 11.9 Å². The fraction of sp³-hybridized carbons (Fsp3) is 0.476. The summed E-state index contributed by atoms with van der Waals surface area (Å²) in [5.74, 6) is 0.536. The van der Waals surface area contributed by atoms with E-state index >= 15 is 4.39 Å². The molecule has 5 rings (SSSR count). The lowest BCUT2D eigenvalue weighted by Gasteiger charge is -2.43. The van der Waals surface area contributed by atoms with E-state index in [1.54, 1.807) is 18.0 Å². The van der Waals surface area contributed by atoms with Crippen LogP contribution in [-0.2, 0) is 7.05 Å². The molecule has 162 valence electrons. The van der Waals surface area contributed by atoms with E-state index in [1.165, 1.54) is 23.2 Å². The van der Waals surface area contributed by atoms with Crippen molar-refractivity contribution < 1.29 is 9.50 Å². The van der Waals surface area contributed by atoms with Gasteiger partial charge in [-0.05, 0) is 38.3 Å². The number of aromatic hydroxyl groups is 1. The number of aromatic nitrogens is 5. The lowest BCUT2D eigenvalue weighted by atomic mass is 9.86. The maximum absolute atomic E-state index is 15.2. The van der Waals surface area contributed by atoms with Crippen LogP contribution in [0.15, 0.2) is 29.5 Å². The molecular formula is C21H24FN7O2. The maximum atomic E-state index is 15.2. The number of benzene rings is 1. The van der Waals surface area contributed by atoms with Crippen molar-refractivity contribution >= 4 is 16.7 Å². The number of rotatable bonds is 3. The lowest BCUT2D eigenvalue weighted by molar-refractivity contribution is 0.111. The number of hydrogen-bond donors (Lipinski definition) is 2. The van der Waals surface area contributed by atoms with Crippen molar-refractivity contribution in [1.29, 1.82) is 0 Å². The van der Waals surface area contributed by atoms with Crippen LogP contribution in [0.25, 0.3) is 22.3 Å². The van der Waals surface area contributed by atoms with Crippen LogP contribution in [0.3, 0.4) is 0 Å². The first-order valence-electron chi connectivity index (χ1n) is 10.3. The van der Waals surface area contributed by atoms with Crippen molar-refractivity contribution in [3.05, 3.63) is 35.0 Å². The smallest absolute Gasteiger partial charge is 0.261 e. The molecule has 2 fully saturated rings. The zero-order chi connectivity index (χ0) is 21.9. The second-order valence-corrected chi connectivity index (χ2v) is 8.80. The zero-order valence-corrected chi connectivity index (χ0v) is 17.6. The van der Waals surface area contributed by atoms with E-state index in [2.05, 4.69) is 25.5 Å². The average molecular weight is 425 g/mol. The highest BCUT2D eigenvalue weighted by atomic mass is 19.1. The Labute approximate surface area is 178 Å². The molecule has 2 aliphatic heterocycles. The van der Waals surface area contributed by atoms with E-state index in [9.17, 15) is 9.90 Å². The van der Waals surface area contributed by atoms with Crippen LogP contribution in [0.1, 0.15) is 26.2 Å². The summed E-state index contributed by atoms with van der Waals surface area (Å²) in [5.41, 5.74) is -0.0118. The van der Waals surface area contributed by atoms with Crippen molar-refractivity contribution in [1.82, 2.24) is 30.0 Å². The molecule has 2 N–H and O–H groups in total. The summed E-state index contributed by atoms with van der Waals surface area (Å²) in [7, 11) is 3.40. The SMILES string of the molecule is CN(c1cnc(-c2cc3ncn(C)c(=O)c3cc2O)nn1)C1CC2CC[C@@](C)(N2)[C@H]1F. The Morgan fingerprint density at radius 2 is 2.13 bits per heavy atom. The van der Waals surface area contributed by atoms with Gasteiger partial charge in [-0.2, -0.15) is 0 Å². The molecule has 0 radical (unpaired) electrons. The average Bonchev–Trinajstić information content (AvgIpc) is 3.10. The van der Waals surface area contributed by atoms with E-state index in [-0.39, 0.29) is 23.2 Å². The molecule has 9 nitrogen and oxygen atoms in total. The summed E-state index contributed by atoms with van der Waals surface area (Å²) in [6.45, 7) is 1.94. The maximum Gasteiger partial charge on any atom is 0.261 e. The number of phenols is 1. The van der Waals surface area contributed by atoms with Gasteiger partial charge in [-0.25, -0.2) is 14.4 Å². The van der Waals surface area contributed by atoms with Gasteiger partial charge in [-0.15, -0.1) is 10.2 Å². The van der Waals surface area contributed by atoms with Gasteiger partial charge in [-0.1, -0.05) is 0 Å². The first-order valence-corrected chi connectivity index (χ1v) is 10.3. The Kier molecular flexibility index (Phi) is 4.44. The number of hydrogen-bond acceptors (Lipinski definition) is 8. The quantitative estimate of drug-likeness (QED) is 0.651. The second kappa shape index (κ2) is 6.94. The van der Waals surface area contributed by atoms with Gasteiger partial charge in [0.2, 0.25) is 0 Å². The number of fused-ring (bicyclic) bond motifs is 3. The molecule has 2 bridgehead atoms. The number of halogens is 1. The number of anilines is 1. The molecule has 3 aromatic rings. The molecule has 2 unspecified atom stereocenters. The monoisotopic (exact) mass is 425 g/mol. The van der Waals surface area contributed by atoms with Gasteiger partial charge < -0.3 is 19.9 Å². The summed E-state index contributed by atoms with van der Waals surface area (Å²) >= 11 is 0. The van der Waals surface area contributed by atoms with E-state index in [4.69, 9.17) is 0 Å². The molecule has 2 aromatic heterocycles. The van der Waals surface area contributed by atoms with Gasteiger partial charge in [0.15, 0.2) is 11.6 Å². The van der Waals surface area contributed by atoms with Gasteiger partial charge in [0.1, 0.15) is 11.9 Å². The standard InChI is InChI=1S/C21H24FN7O2/c1-21-5-4-11(25-21)6-15(18(21)22)29(3)17-9-23-19(27-26-17)13-7-14-12(8-16(13)30)20(31)28(2)10-24-14/h7-11,15,18,25,30H,4-6H2,1-3H3/t11?,15?,18-,21+/m0/s1. The highest BCUT2D eigenvalue weighted by Crippen LogP contribution is 2.40. The molecule has 10 heteroatoms. The number of alkyl halides is 1. The molecule has 0 spiro atoms. The molecule has 0 saturated carbocycles. The van der Waals surface area contributed by atoms with Crippen LogP contribution >= 0.6 is 0 Å². The predicted octanol–water partition coefficient (Wildman–Crippen LogP) is 1.55. The third kappa shape index (κ3) is 3.13. The van der Waals surface area contributed by atoms with Crippen molar-refractivity contribution in [3.63, 3.8) is 0 Å². The van der Waals surface area contributed by atoms with Gasteiger partial charge in [0, 0.05) is 25.7 Å². The van der Waals surface area contributed by atoms with Crippen LogP contribution in [0.5, 0.6) is 5.75 Å². The van der Waals surface area contributed by atoms with Gasteiger partial charge in [-0.3, -0.25) is 4.79 Å². The minimum Gasteiger partial charge on any atom is -0.507 e. The Balaban J connectivity index is 1.45. The Hall–Kier alpha value is -3.14. The van der Waals surface area contributed by atoms with Crippen molar-refractivity contribution in [2.45, 2.75) is 50.0 Å². The second-order valence-electron chi connectivity index (χ2n) is 8.80. The third-order valence-electron chi connectivity index (χ3n) is 6.70. The first-order chi connectivity index (χ1) is 14.8. The van der Waals surface area contributed by atoms with Crippen molar-refractivity contribution in [2.24, 2.45) is 7.05 Å². The topological polar surface area (TPSA) is 109 Å². The number of aryl methyl sites for hydroxylation is 1. The Bertz CT molecular complexity index is 1210. The highest BCUT2D eigenvalue weighted by molar-refractivity contribution is 5.85. The number of nitrogens with one attached hydrogen (secondary N) is 1. The zero-order valence-electron chi connectivity index (χ0n) is 17.6. The van der Waals surface area contributed by atoms with E-state index < -0.39 is 11.7 Å². The van der Waals surface area contributed by atoms with Crippen LogP contribution in [0.2, 0.25) is 0 Å².